The third-order valence-electron chi connectivity index (χ3n) is 4.44. The normalized spacial score (nSPS) is 19.0. The number of nitrogens with one attached hydrogen (secondary N) is 2. The van der Waals surface area contributed by atoms with Crippen molar-refractivity contribution in [3.05, 3.63) is 29.8 Å². The molecule has 0 unspecified atom stereocenters. The van der Waals surface area contributed by atoms with Crippen LogP contribution in [-0.4, -0.2) is 42.6 Å². The molecule has 2 rings (SSSR count). The molecule has 138 valence electrons. The summed E-state index contributed by atoms with van der Waals surface area (Å²) in [5, 5.41) is 5.87. The van der Waals surface area contributed by atoms with Gasteiger partial charge in [-0.15, -0.1) is 0 Å². The summed E-state index contributed by atoms with van der Waals surface area (Å²) in [5.41, 5.74) is 1.71. The summed E-state index contributed by atoms with van der Waals surface area (Å²) in [6.07, 6.45) is 1.72. The fourth-order valence-corrected chi connectivity index (χ4v) is 2.68. The van der Waals surface area contributed by atoms with Crippen molar-refractivity contribution in [1.82, 2.24) is 10.2 Å². The molecule has 1 saturated heterocycles. The van der Waals surface area contributed by atoms with Gasteiger partial charge in [0.2, 0.25) is 5.91 Å². The largest absolute Gasteiger partial charge is 0.377 e. The molecular formula is C19H29N3O3. The van der Waals surface area contributed by atoms with E-state index in [0.717, 1.165) is 24.1 Å². The van der Waals surface area contributed by atoms with Gasteiger partial charge in [0.1, 0.15) is 0 Å². The van der Waals surface area contributed by atoms with Crippen LogP contribution in [-0.2, 0) is 16.1 Å². The van der Waals surface area contributed by atoms with Crippen LogP contribution >= 0.6 is 0 Å². The molecule has 2 atom stereocenters. The molecule has 1 aliphatic rings. The van der Waals surface area contributed by atoms with Gasteiger partial charge in [-0.3, -0.25) is 4.79 Å². The van der Waals surface area contributed by atoms with E-state index < -0.39 is 0 Å². The van der Waals surface area contributed by atoms with Crippen LogP contribution in [0.25, 0.3) is 0 Å². The molecule has 0 aliphatic carbocycles. The van der Waals surface area contributed by atoms with Crippen LogP contribution in [0.3, 0.4) is 0 Å². The highest BCUT2D eigenvalue weighted by Gasteiger charge is 2.19. The van der Waals surface area contributed by atoms with Gasteiger partial charge in [-0.05, 0) is 37.5 Å². The highest BCUT2D eigenvalue weighted by Crippen LogP contribution is 2.13. The summed E-state index contributed by atoms with van der Waals surface area (Å²) in [6.45, 7) is 8.32. The summed E-state index contributed by atoms with van der Waals surface area (Å²) in [7, 11) is 0. The molecule has 1 aliphatic heterocycles. The monoisotopic (exact) mass is 347 g/mol. The van der Waals surface area contributed by atoms with Gasteiger partial charge < -0.3 is 20.3 Å². The lowest BCUT2D eigenvalue weighted by Crippen LogP contribution is -2.42. The molecule has 1 fully saturated rings. The first-order valence-electron chi connectivity index (χ1n) is 9.03. The molecule has 0 radical (unpaired) electrons. The molecule has 2 N–H and O–H groups in total. The van der Waals surface area contributed by atoms with Crippen LogP contribution in [0.2, 0.25) is 0 Å². The molecule has 25 heavy (non-hydrogen) atoms. The van der Waals surface area contributed by atoms with Crippen LogP contribution in [0.4, 0.5) is 10.5 Å². The van der Waals surface area contributed by atoms with Crippen LogP contribution in [0.15, 0.2) is 24.3 Å². The maximum atomic E-state index is 12.4. The van der Waals surface area contributed by atoms with Crippen LogP contribution in [0.1, 0.15) is 39.2 Å². The molecule has 6 nitrogen and oxygen atoms in total. The van der Waals surface area contributed by atoms with E-state index in [1.165, 1.54) is 0 Å². The number of carbonyl (C=O) groups excluding carboxylic acids is 2. The molecular weight excluding hydrogens is 318 g/mol. The zero-order valence-corrected chi connectivity index (χ0v) is 15.4. The number of anilines is 1. The lowest BCUT2D eigenvalue weighted by molar-refractivity contribution is -0.119. The van der Waals surface area contributed by atoms with Crippen LogP contribution in [0.5, 0.6) is 0 Å². The Kier molecular flexibility index (Phi) is 7.25. The highest BCUT2D eigenvalue weighted by molar-refractivity contribution is 5.92. The third kappa shape index (κ3) is 6.05. The molecule has 1 aromatic carbocycles. The minimum atomic E-state index is -0.0774. The lowest BCUT2D eigenvalue weighted by Gasteiger charge is -2.22. The lowest BCUT2D eigenvalue weighted by atomic mass is 10.1. The molecule has 0 bridgehead atoms. The van der Waals surface area contributed by atoms with Gasteiger partial charge >= 0.3 is 6.03 Å². The van der Waals surface area contributed by atoms with Crippen molar-refractivity contribution in [2.24, 2.45) is 5.92 Å². The van der Waals surface area contributed by atoms with Gasteiger partial charge in [0.15, 0.2) is 0 Å². The zero-order valence-electron chi connectivity index (χ0n) is 15.4. The quantitative estimate of drug-likeness (QED) is 0.860. The second-order valence-electron chi connectivity index (χ2n) is 6.64. The Morgan fingerprint density at radius 1 is 1.40 bits per heavy atom. The zero-order chi connectivity index (χ0) is 18.2. The van der Waals surface area contributed by atoms with Gasteiger partial charge in [0.25, 0.3) is 0 Å². The van der Waals surface area contributed by atoms with Gasteiger partial charge in [-0.2, -0.15) is 0 Å². The maximum absolute atomic E-state index is 12.4. The Morgan fingerprint density at radius 3 is 2.96 bits per heavy atom. The summed E-state index contributed by atoms with van der Waals surface area (Å²) in [4.78, 5) is 26.1. The summed E-state index contributed by atoms with van der Waals surface area (Å²) >= 11 is 0. The second-order valence-corrected chi connectivity index (χ2v) is 6.64. The van der Waals surface area contributed by atoms with E-state index >= 15 is 0 Å². The predicted molar refractivity (Wildman–Crippen MR) is 98.4 cm³/mol. The fraction of sp³-hybridized carbons (Fsp3) is 0.579. The van der Waals surface area contributed by atoms with Crippen molar-refractivity contribution in [3.8, 4) is 0 Å². The van der Waals surface area contributed by atoms with Gasteiger partial charge in [0.05, 0.1) is 6.10 Å². The second kappa shape index (κ2) is 9.42. The topological polar surface area (TPSA) is 70.7 Å². The number of urea groups is 1. The number of carbonyl (C=O) groups is 2. The van der Waals surface area contributed by atoms with E-state index in [9.17, 15) is 9.59 Å². The Hall–Kier alpha value is -2.08. The van der Waals surface area contributed by atoms with Gasteiger partial charge in [-0.25, -0.2) is 4.79 Å². The first-order valence-corrected chi connectivity index (χ1v) is 9.03. The molecule has 0 spiro atoms. The van der Waals surface area contributed by atoms with Crippen LogP contribution < -0.4 is 10.6 Å². The fourth-order valence-electron chi connectivity index (χ4n) is 2.68. The summed E-state index contributed by atoms with van der Waals surface area (Å²) in [6, 6.07) is 7.50. The first kappa shape index (κ1) is 19.2. The predicted octanol–water partition coefficient (Wildman–Crippen LogP) is 2.99. The minimum Gasteiger partial charge on any atom is -0.377 e. The Morgan fingerprint density at radius 2 is 2.20 bits per heavy atom. The Balaban J connectivity index is 1.89. The number of benzene rings is 1. The molecule has 3 amide bonds. The van der Waals surface area contributed by atoms with E-state index in [1.807, 2.05) is 45.0 Å². The first-order chi connectivity index (χ1) is 12.0. The standard InChI is InChI=1S/C19H29N3O3/c1-4-14(2)18(23)21-17-8-5-7-16(11-17)12-20-19(24)22-9-6-10-25-15(3)13-22/h5,7-8,11,14-15H,4,6,9-10,12-13H2,1-3H3,(H,20,24)(H,21,23)/t14-,15+/m1/s1. The molecule has 1 heterocycles. The molecule has 0 aromatic heterocycles. The molecule has 1 aromatic rings. The van der Waals surface area contributed by atoms with Crippen molar-refractivity contribution >= 4 is 17.6 Å². The number of rotatable bonds is 5. The molecule has 6 heteroatoms. The number of amides is 3. The SMILES string of the molecule is CC[C@@H](C)C(=O)Nc1cccc(CNC(=O)N2CCCO[C@@H](C)C2)c1. The maximum Gasteiger partial charge on any atom is 0.317 e. The Bertz CT molecular complexity index is 591. The van der Waals surface area contributed by atoms with Crippen molar-refractivity contribution in [3.63, 3.8) is 0 Å². The Labute approximate surface area is 149 Å². The number of ether oxygens (including phenoxy) is 1. The highest BCUT2D eigenvalue weighted by atomic mass is 16.5. The number of nitrogens with zero attached hydrogens (tertiary/aromatic N) is 1. The van der Waals surface area contributed by atoms with Gasteiger partial charge in [0, 0.05) is 37.8 Å². The smallest absolute Gasteiger partial charge is 0.317 e. The summed E-state index contributed by atoms with van der Waals surface area (Å²) < 4.78 is 5.57. The third-order valence-corrected chi connectivity index (χ3v) is 4.44. The van der Waals surface area contributed by atoms with Crippen LogP contribution in [0, 0.1) is 5.92 Å². The average Bonchev–Trinajstić information content (AvgIpc) is 2.83. The van der Waals surface area contributed by atoms with Gasteiger partial charge in [-0.1, -0.05) is 26.0 Å². The van der Waals surface area contributed by atoms with Crippen molar-refractivity contribution in [1.29, 1.82) is 0 Å². The number of hydrogen-bond donors (Lipinski definition) is 2. The number of hydrogen-bond acceptors (Lipinski definition) is 3. The summed E-state index contributed by atoms with van der Waals surface area (Å²) in [5.74, 6) is -0.00200. The van der Waals surface area contributed by atoms with E-state index in [2.05, 4.69) is 10.6 Å². The minimum absolute atomic E-state index is 0.0160. The van der Waals surface area contributed by atoms with Crippen molar-refractivity contribution < 1.29 is 14.3 Å². The van der Waals surface area contributed by atoms with Crippen molar-refractivity contribution in [2.75, 3.05) is 25.0 Å². The van der Waals surface area contributed by atoms with E-state index in [-0.39, 0.29) is 24.0 Å². The molecule has 0 saturated carbocycles. The average molecular weight is 347 g/mol. The van der Waals surface area contributed by atoms with Crippen molar-refractivity contribution in [2.45, 2.75) is 46.3 Å². The van der Waals surface area contributed by atoms with E-state index in [4.69, 9.17) is 4.74 Å². The van der Waals surface area contributed by atoms with E-state index in [0.29, 0.717) is 26.2 Å². The van der Waals surface area contributed by atoms with E-state index in [1.54, 1.807) is 4.90 Å².